The first-order chi connectivity index (χ1) is 14.9. The second-order valence-electron chi connectivity index (χ2n) is 7.82. The summed E-state index contributed by atoms with van der Waals surface area (Å²) >= 11 is 5.01. The molecular weight excluding hydrogens is 472 g/mol. The van der Waals surface area contributed by atoms with E-state index in [0.29, 0.717) is 21.7 Å². The highest BCUT2D eigenvalue weighted by Gasteiger charge is 2.19. The van der Waals surface area contributed by atoms with E-state index in [2.05, 4.69) is 41.7 Å². The van der Waals surface area contributed by atoms with E-state index < -0.39 is 0 Å². The third-order valence-corrected chi connectivity index (χ3v) is 7.19. The maximum atomic E-state index is 13.4. The van der Waals surface area contributed by atoms with Gasteiger partial charge < -0.3 is 0 Å². The van der Waals surface area contributed by atoms with E-state index in [-0.39, 0.29) is 17.9 Å². The maximum Gasteiger partial charge on any atom is 0.263 e. The Bertz CT molecular complexity index is 1300. The summed E-state index contributed by atoms with van der Waals surface area (Å²) in [5, 5.41) is 0.592. The average Bonchev–Trinajstić information content (AvgIpc) is 3.15. The Morgan fingerprint density at radius 3 is 2.39 bits per heavy atom. The van der Waals surface area contributed by atoms with Crippen LogP contribution >= 0.6 is 27.3 Å². The summed E-state index contributed by atoms with van der Waals surface area (Å²) in [4.78, 5) is 32.6. The second-order valence-corrected chi connectivity index (χ2v) is 9.82. The lowest BCUT2D eigenvalue weighted by Crippen LogP contribution is -2.24. The number of hydrogen-bond acceptors (Lipinski definition) is 4. The van der Waals surface area contributed by atoms with Gasteiger partial charge in [0.25, 0.3) is 5.56 Å². The van der Waals surface area contributed by atoms with Crippen molar-refractivity contribution in [2.24, 2.45) is 0 Å². The molecule has 6 heteroatoms. The van der Waals surface area contributed by atoms with Gasteiger partial charge in [-0.05, 0) is 35.6 Å². The largest absolute Gasteiger partial charge is 0.292 e. The molecule has 2 heterocycles. The molecule has 4 rings (SSSR count). The Kier molecular flexibility index (Phi) is 6.21. The van der Waals surface area contributed by atoms with Gasteiger partial charge in [0.15, 0.2) is 5.78 Å². The number of aryl methyl sites for hydroxylation is 1. The zero-order valence-electron chi connectivity index (χ0n) is 17.7. The standard InChI is InChI=1S/C25H23BrN2O2S/c1-4-21-22(18-9-11-19(26)12-10-18)23-24(31-21)27-14-28(25(23)30)13-20(29)17-7-5-16(6-8-17)15(2)3/h5-12,14-15H,4,13H2,1-3H3. The molecular formula is C25H23BrN2O2S. The molecule has 0 saturated heterocycles. The number of Topliss-reactive ketones (excluding diaryl/α,β-unsaturated/α-hetero) is 1. The Hall–Kier alpha value is -2.57. The first-order valence-electron chi connectivity index (χ1n) is 10.3. The Balaban J connectivity index is 1.75. The maximum absolute atomic E-state index is 13.4. The van der Waals surface area contributed by atoms with Crippen LogP contribution in [0.15, 0.2) is 64.1 Å². The highest BCUT2D eigenvalue weighted by atomic mass is 79.9. The first kappa shape index (κ1) is 21.7. The zero-order valence-corrected chi connectivity index (χ0v) is 20.1. The van der Waals surface area contributed by atoms with Crippen LogP contribution in [-0.2, 0) is 13.0 Å². The summed E-state index contributed by atoms with van der Waals surface area (Å²) in [5.74, 6) is 0.302. The lowest BCUT2D eigenvalue weighted by atomic mass is 10.0. The van der Waals surface area contributed by atoms with Crippen LogP contribution in [0.5, 0.6) is 0 Å². The zero-order chi connectivity index (χ0) is 22.1. The van der Waals surface area contributed by atoms with Crippen molar-refractivity contribution in [1.82, 2.24) is 9.55 Å². The van der Waals surface area contributed by atoms with E-state index in [1.54, 1.807) is 11.3 Å². The number of rotatable bonds is 6. The molecule has 2 aromatic heterocycles. The van der Waals surface area contributed by atoms with Gasteiger partial charge in [0, 0.05) is 20.5 Å². The van der Waals surface area contributed by atoms with Crippen molar-refractivity contribution in [3.05, 3.63) is 85.7 Å². The molecule has 0 unspecified atom stereocenters. The normalized spacial score (nSPS) is 11.4. The van der Waals surface area contributed by atoms with Gasteiger partial charge in [-0.15, -0.1) is 11.3 Å². The van der Waals surface area contributed by atoms with Crippen LogP contribution in [0.4, 0.5) is 0 Å². The van der Waals surface area contributed by atoms with Crippen molar-refractivity contribution in [2.45, 2.75) is 39.7 Å². The molecule has 0 aliphatic rings. The molecule has 0 atom stereocenters. The molecule has 4 nitrogen and oxygen atoms in total. The van der Waals surface area contributed by atoms with Crippen LogP contribution in [0.1, 0.15) is 47.5 Å². The van der Waals surface area contributed by atoms with Crippen LogP contribution < -0.4 is 5.56 Å². The highest BCUT2D eigenvalue weighted by molar-refractivity contribution is 9.10. The van der Waals surface area contributed by atoms with Crippen molar-refractivity contribution in [3.63, 3.8) is 0 Å². The number of carbonyl (C=O) groups is 1. The molecule has 0 fully saturated rings. The van der Waals surface area contributed by atoms with Crippen LogP contribution in [0.3, 0.4) is 0 Å². The summed E-state index contributed by atoms with van der Waals surface area (Å²) < 4.78 is 2.41. The van der Waals surface area contributed by atoms with Gasteiger partial charge in [0.2, 0.25) is 0 Å². The summed E-state index contributed by atoms with van der Waals surface area (Å²) in [6.45, 7) is 6.28. The minimum absolute atomic E-state index is 0.0279. The number of ketones is 1. The number of hydrogen-bond donors (Lipinski definition) is 0. The van der Waals surface area contributed by atoms with Gasteiger partial charge >= 0.3 is 0 Å². The molecule has 2 aromatic carbocycles. The number of aromatic nitrogens is 2. The van der Waals surface area contributed by atoms with Crippen LogP contribution in [0, 0.1) is 0 Å². The third kappa shape index (κ3) is 4.27. The molecule has 0 saturated carbocycles. The van der Waals surface area contributed by atoms with Gasteiger partial charge in [0.1, 0.15) is 4.83 Å². The minimum Gasteiger partial charge on any atom is -0.292 e. The van der Waals surface area contributed by atoms with Gasteiger partial charge in [0.05, 0.1) is 18.3 Å². The summed E-state index contributed by atoms with van der Waals surface area (Å²) in [6, 6.07) is 15.6. The van der Waals surface area contributed by atoms with Gasteiger partial charge in [-0.1, -0.05) is 73.1 Å². The van der Waals surface area contributed by atoms with Gasteiger partial charge in [-0.3, -0.25) is 14.2 Å². The van der Waals surface area contributed by atoms with Crippen molar-refractivity contribution < 1.29 is 4.79 Å². The van der Waals surface area contributed by atoms with Gasteiger partial charge in [-0.2, -0.15) is 0 Å². The van der Waals surface area contributed by atoms with Crippen molar-refractivity contribution in [2.75, 3.05) is 0 Å². The average molecular weight is 495 g/mol. The predicted octanol–water partition coefficient (Wildman–Crippen LogP) is 6.46. The SMILES string of the molecule is CCc1sc2ncn(CC(=O)c3ccc(C(C)C)cc3)c(=O)c2c1-c1ccc(Br)cc1. The Morgan fingerprint density at radius 2 is 1.77 bits per heavy atom. The highest BCUT2D eigenvalue weighted by Crippen LogP contribution is 2.36. The van der Waals surface area contributed by atoms with Crippen LogP contribution in [0.2, 0.25) is 0 Å². The monoisotopic (exact) mass is 494 g/mol. The number of halogens is 1. The second kappa shape index (κ2) is 8.89. The fourth-order valence-corrected chi connectivity index (χ4v) is 5.01. The molecule has 0 amide bonds. The Labute approximate surface area is 193 Å². The fourth-order valence-electron chi connectivity index (χ4n) is 3.66. The molecule has 31 heavy (non-hydrogen) atoms. The predicted molar refractivity (Wildman–Crippen MR) is 131 cm³/mol. The number of nitrogens with zero attached hydrogens (tertiary/aromatic N) is 2. The first-order valence-corrected chi connectivity index (χ1v) is 11.9. The van der Waals surface area contributed by atoms with E-state index in [1.807, 2.05) is 48.5 Å². The van der Waals surface area contributed by atoms with Crippen molar-refractivity contribution in [1.29, 1.82) is 0 Å². The Morgan fingerprint density at radius 1 is 1.10 bits per heavy atom. The minimum atomic E-state index is -0.175. The molecule has 158 valence electrons. The molecule has 0 aliphatic heterocycles. The lowest BCUT2D eigenvalue weighted by molar-refractivity contribution is 0.0970. The lowest BCUT2D eigenvalue weighted by Gasteiger charge is -2.08. The fraction of sp³-hybridized carbons (Fsp3) is 0.240. The van der Waals surface area contributed by atoms with Crippen molar-refractivity contribution >= 4 is 43.3 Å². The smallest absolute Gasteiger partial charge is 0.263 e. The van der Waals surface area contributed by atoms with Crippen molar-refractivity contribution in [3.8, 4) is 11.1 Å². The number of thiophene rings is 1. The number of carbonyl (C=O) groups excluding carboxylic acids is 1. The molecule has 0 spiro atoms. The van der Waals surface area contributed by atoms with Gasteiger partial charge in [-0.25, -0.2) is 4.98 Å². The van der Waals surface area contributed by atoms with E-state index >= 15 is 0 Å². The van der Waals surface area contributed by atoms with E-state index in [4.69, 9.17) is 0 Å². The molecule has 4 aromatic rings. The third-order valence-electron chi connectivity index (χ3n) is 5.42. The van der Waals surface area contributed by atoms with Crippen LogP contribution in [-0.4, -0.2) is 15.3 Å². The number of fused-ring (bicyclic) bond motifs is 1. The molecule has 0 aliphatic carbocycles. The summed E-state index contributed by atoms with van der Waals surface area (Å²) in [6.07, 6.45) is 2.30. The number of benzene rings is 2. The summed E-state index contributed by atoms with van der Waals surface area (Å²) in [5.41, 5.74) is 3.52. The van der Waals surface area contributed by atoms with E-state index in [0.717, 1.165) is 26.9 Å². The topological polar surface area (TPSA) is 52.0 Å². The molecule has 0 radical (unpaired) electrons. The van der Waals surface area contributed by atoms with E-state index in [9.17, 15) is 9.59 Å². The van der Waals surface area contributed by atoms with Crippen LogP contribution in [0.25, 0.3) is 21.3 Å². The van der Waals surface area contributed by atoms with E-state index in [1.165, 1.54) is 16.5 Å². The summed E-state index contributed by atoms with van der Waals surface area (Å²) in [7, 11) is 0. The molecule has 0 N–H and O–H groups in total. The quantitative estimate of drug-likeness (QED) is 0.289. The molecule has 0 bridgehead atoms.